The number of ether oxygens (including phenoxy) is 1. The minimum atomic E-state index is -4.37. The zero-order valence-corrected chi connectivity index (χ0v) is 14.1. The van der Waals surface area contributed by atoms with Crippen LogP contribution >= 0.6 is 0 Å². The lowest BCUT2D eigenvalue weighted by Crippen LogP contribution is -2.06. The van der Waals surface area contributed by atoms with Gasteiger partial charge in [0, 0.05) is 23.9 Å². The number of alkyl halides is 3. The minimum Gasteiger partial charge on any atom is -0.495 e. The van der Waals surface area contributed by atoms with Crippen molar-refractivity contribution in [1.82, 2.24) is 4.98 Å². The van der Waals surface area contributed by atoms with Gasteiger partial charge in [-0.25, -0.2) is 0 Å². The van der Waals surface area contributed by atoms with Gasteiger partial charge in [-0.15, -0.1) is 0 Å². The van der Waals surface area contributed by atoms with Gasteiger partial charge in [0.1, 0.15) is 5.75 Å². The van der Waals surface area contributed by atoms with E-state index in [2.05, 4.69) is 11.1 Å². The molecule has 3 nitrogen and oxygen atoms in total. The van der Waals surface area contributed by atoms with Crippen molar-refractivity contribution in [2.24, 2.45) is 0 Å². The Kier molecular flexibility index (Phi) is 4.90. The van der Waals surface area contributed by atoms with Gasteiger partial charge in [-0.05, 0) is 35.7 Å². The van der Waals surface area contributed by atoms with Gasteiger partial charge < -0.3 is 9.72 Å². The number of halogens is 3. The molecule has 2 aromatic carbocycles. The number of benzene rings is 2. The smallest absolute Gasteiger partial charge is 0.416 e. The Morgan fingerprint density at radius 3 is 2.50 bits per heavy atom. The third-order valence-corrected chi connectivity index (χ3v) is 4.49. The number of nitrogens with zero attached hydrogens (tertiary/aromatic N) is 1. The first-order valence-corrected chi connectivity index (χ1v) is 8.13. The van der Waals surface area contributed by atoms with Crippen LogP contribution in [0.1, 0.15) is 35.4 Å². The monoisotopic (exact) mass is 358 g/mol. The van der Waals surface area contributed by atoms with Crippen LogP contribution < -0.4 is 4.74 Å². The van der Waals surface area contributed by atoms with Gasteiger partial charge >= 0.3 is 6.18 Å². The van der Waals surface area contributed by atoms with E-state index in [1.54, 1.807) is 7.11 Å². The molecule has 0 fully saturated rings. The van der Waals surface area contributed by atoms with Crippen LogP contribution in [0.3, 0.4) is 0 Å². The topological polar surface area (TPSA) is 48.8 Å². The Labute approximate surface area is 149 Å². The first-order valence-electron chi connectivity index (χ1n) is 8.13. The number of para-hydroxylation sites is 1. The SMILES string of the molecule is COc1cccc2c(C(CCC#N)c3ccc(C(F)(F)F)cc3)c[nH]c12. The van der Waals surface area contributed by atoms with E-state index in [0.29, 0.717) is 18.6 Å². The van der Waals surface area contributed by atoms with E-state index in [4.69, 9.17) is 10.00 Å². The van der Waals surface area contributed by atoms with Gasteiger partial charge in [0.15, 0.2) is 0 Å². The summed E-state index contributed by atoms with van der Waals surface area (Å²) in [6, 6.07) is 12.9. The second kappa shape index (κ2) is 7.12. The Balaban J connectivity index is 2.06. The highest BCUT2D eigenvalue weighted by Crippen LogP contribution is 2.38. The molecule has 1 aromatic heterocycles. The number of methoxy groups -OCH3 is 1. The van der Waals surface area contributed by atoms with Gasteiger partial charge in [0.25, 0.3) is 0 Å². The van der Waals surface area contributed by atoms with Crippen LogP contribution in [0, 0.1) is 11.3 Å². The predicted octanol–water partition coefficient (Wildman–Crippen LogP) is 5.63. The van der Waals surface area contributed by atoms with E-state index >= 15 is 0 Å². The Morgan fingerprint density at radius 2 is 1.88 bits per heavy atom. The molecule has 3 aromatic rings. The van der Waals surface area contributed by atoms with E-state index in [9.17, 15) is 13.2 Å². The highest BCUT2D eigenvalue weighted by atomic mass is 19.4. The summed E-state index contributed by atoms with van der Waals surface area (Å²) in [4.78, 5) is 3.18. The lowest BCUT2D eigenvalue weighted by molar-refractivity contribution is -0.137. The van der Waals surface area contributed by atoms with E-state index < -0.39 is 11.7 Å². The average Bonchev–Trinajstić information content (AvgIpc) is 3.06. The fraction of sp³-hybridized carbons (Fsp3) is 0.250. The summed E-state index contributed by atoms with van der Waals surface area (Å²) in [6.45, 7) is 0. The third-order valence-electron chi connectivity index (χ3n) is 4.49. The first-order chi connectivity index (χ1) is 12.5. The van der Waals surface area contributed by atoms with Crippen molar-refractivity contribution in [1.29, 1.82) is 5.26 Å². The molecule has 0 saturated carbocycles. The molecular formula is C20H17F3N2O. The number of rotatable bonds is 5. The lowest BCUT2D eigenvalue weighted by Gasteiger charge is -2.17. The summed E-state index contributed by atoms with van der Waals surface area (Å²) >= 11 is 0. The standard InChI is InChI=1S/C20H17F3N2O/c1-26-18-6-2-4-16-17(12-25-19(16)18)15(5-3-11-24)13-7-9-14(10-8-13)20(21,22)23/h2,4,6-10,12,15,25H,3,5H2,1H3. The number of hydrogen-bond donors (Lipinski definition) is 1. The summed E-state index contributed by atoms with van der Waals surface area (Å²) in [7, 11) is 1.58. The molecule has 1 atom stereocenters. The highest BCUT2D eigenvalue weighted by molar-refractivity contribution is 5.89. The number of aromatic nitrogens is 1. The van der Waals surface area contributed by atoms with Gasteiger partial charge in [0.05, 0.1) is 24.3 Å². The summed E-state index contributed by atoms with van der Waals surface area (Å²) in [5.41, 5.74) is 1.84. The molecule has 134 valence electrons. The second-order valence-electron chi connectivity index (χ2n) is 6.00. The van der Waals surface area contributed by atoms with Crippen LogP contribution in [-0.2, 0) is 6.18 Å². The second-order valence-corrected chi connectivity index (χ2v) is 6.00. The molecule has 6 heteroatoms. The third kappa shape index (κ3) is 3.38. The first kappa shape index (κ1) is 17.9. The van der Waals surface area contributed by atoms with Crippen molar-refractivity contribution >= 4 is 10.9 Å². The molecule has 0 aliphatic heterocycles. The van der Waals surface area contributed by atoms with Crippen molar-refractivity contribution in [3.05, 3.63) is 65.4 Å². The number of hydrogen-bond acceptors (Lipinski definition) is 2. The van der Waals surface area contributed by atoms with Crippen molar-refractivity contribution < 1.29 is 17.9 Å². The van der Waals surface area contributed by atoms with Gasteiger partial charge in [-0.1, -0.05) is 24.3 Å². The van der Waals surface area contributed by atoms with Gasteiger partial charge in [0.2, 0.25) is 0 Å². The van der Waals surface area contributed by atoms with Crippen LogP contribution in [-0.4, -0.2) is 12.1 Å². The number of aromatic amines is 1. The van der Waals surface area contributed by atoms with Crippen LogP contribution in [0.2, 0.25) is 0 Å². The average molecular weight is 358 g/mol. The Morgan fingerprint density at radius 1 is 1.15 bits per heavy atom. The molecule has 0 saturated heterocycles. The summed E-state index contributed by atoms with van der Waals surface area (Å²) < 4.78 is 43.8. The molecular weight excluding hydrogens is 341 g/mol. The molecule has 26 heavy (non-hydrogen) atoms. The summed E-state index contributed by atoms with van der Waals surface area (Å²) in [5, 5.41) is 9.92. The number of fused-ring (bicyclic) bond motifs is 1. The van der Waals surface area contributed by atoms with Crippen molar-refractivity contribution in [3.8, 4) is 11.8 Å². The number of H-pyrrole nitrogens is 1. The zero-order chi connectivity index (χ0) is 18.7. The normalized spacial score (nSPS) is 12.7. The van der Waals surface area contributed by atoms with E-state index in [1.807, 2.05) is 24.4 Å². The maximum Gasteiger partial charge on any atom is 0.416 e. The molecule has 1 N–H and O–H groups in total. The minimum absolute atomic E-state index is 0.183. The van der Waals surface area contributed by atoms with E-state index in [-0.39, 0.29) is 5.92 Å². The molecule has 0 amide bonds. The Bertz CT molecular complexity index is 936. The molecule has 0 aliphatic carbocycles. The highest BCUT2D eigenvalue weighted by Gasteiger charge is 2.30. The maximum absolute atomic E-state index is 12.8. The maximum atomic E-state index is 12.8. The fourth-order valence-electron chi connectivity index (χ4n) is 3.22. The Hall–Kier alpha value is -2.94. The van der Waals surface area contributed by atoms with Crippen molar-refractivity contribution in [2.75, 3.05) is 7.11 Å². The summed E-state index contributed by atoms with van der Waals surface area (Å²) in [6.07, 6.45) is -1.70. The van der Waals surface area contributed by atoms with E-state index in [1.165, 1.54) is 12.1 Å². The van der Waals surface area contributed by atoms with Crippen LogP contribution in [0.25, 0.3) is 10.9 Å². The van der Waals surface area contributed by atoms with Crippen molar-refractivity contribution in [2.45, 2.75) is 24.9 Å². The van der Waals surface area contributed by atoms with Crippen LogP contribution in [0.15, 0.2) is 48.7 Å². The summed E-state index contributed by atoms with van der Waals surface area (Å²) in [5.74, 6) is 0.512. The lowest BCUT2D eigenvalue weighted by atomic mass is 9.87. The van der Waals surface area contributed by atoms with Gasteiger partial charge in [-0.2, -0.15) is 18.4 Å². The number of nitrogens with one attached hydrogen (secondary N) is 1. The fourth-order valence-corrected chi connectivity index (χ4v) is 3.22. The van der Waals surface area contributed by atoms with Crippen LogP contribution in [0.4, 0.5) is 13.2 Å². The largest absolute Gasteiger partial charge is 0.495 e. The van der Waals surface area contributed by atoms with E-state index in [0.717, 1.165) is 34.2 Å². The molecule has 0 radical (unpaired) electrons. The molecule has 0 bridgehead atoms. The quantitative estimate of drug-likeness (QED) is 0.642. The molecule has 0 spiro atoms. The zero-order valence-electron chi connectivity index (χ0n) is 14.1. The van der Waals surface area contributed by atoms with Crippen LogP contribution in [0.5, 0.6) is 5.75 Å². The number of nitriles is 1. The van der Waals surface area contributed by atoms with Gasteiger partial charge in [-0.3, -0.25) is 0 Å². The molecule has 1 unspecified atom stereocenters. The van der Waals surface area contributed by atoms with Crippen molar-refractivity contribution in [3.63, 3.8) is 0 Å². The molecule has 1 heterocycles. The molecule has 3 rings (SSSR count). The predicted molar refractivity (Wildman–Crippen MR) is 93.0 cm³/mol. The molecule has 0 aliphatic rings.